The minimum Gasteiger partial charge on any atom is -0.507 e. The molecule has 0 saturated carbocycles. The van der Waals surface area contributed by atoms with Crippen LogP contribution < -0.4 is 19.1 Å². The fraction of sp³-hybridized carbons (Fsp3) is 0.148. The van der Waals surface area contributed by atoms with E-state index in [4.69, 9.17) is 19.5 Å². The van der Waals surface area contributed by atoms with Gasteiger partial charge in [0.1, 0.15) is 11.5 Å². The normalized spacial score (nSPS) is 16.6. The molecule has 0 aliphatic carbocycles. The monoisotopic (exact) mass is 470 g/mol. The number of rotatable bonds is 6. The molecule has 0 spiro atoms. The Kier molecular flexibility index (Phi) is 6.42. The minimum absolute atomic E-state index is 0.101. The van der Waals surface area contributed by atoms with Crippen molar-refractivity contribution >= 4 is 23.1 Å². The molecular formula is C27H22N2O6. The van der Waals surface area contributed by atoms with E-state index in [1.165, 1.54) is 32.3 Å². The Hall–Kier alpha value is -4.77. The molecule has 1 amide bonds. The Morgan fingerprint density at radius 3 is 2.17 bits per heavy atom. The number of hydrogen-bond donors (Lipinski definition) is 1. The van der Waals surface area contributed by atoms with E-state index >= 15 is 0 Å². The zero-order valence-corrected chi connectivity index (χ0v) is 19.3. The topological polar surface area (TPSA) is 109 Å². The Bertz CT molecular complexity index is 1370. The number of aliphatic hydroxyl groups excluding tert-OH is 1. The molecule has 0 aromatic heterocycles. The van der Waals surface area contributed by atoms with Gasteiger partial charge in [0.2, 0.25) is 0 Å². The highest BCUT2D eigenvalue weighted by molar-refractivity contribution is 6.51. The summed E-state index contributed by atoms with van der Waals surface area (Å²) in [5.41, 5.74) is 1.50. The number of carbonyl (C=O) groups excluding carboxylic acids is 2. The minimum atomic E-state index is -0.979. The van der Waals surface area contributed by atoms with Crippen molar-refractivity contribution in [3.8, 4) is 23.3 Å². The molecule has 1 atom stereocenters. The number of hydrogen-bond acceptors (Lipinski definition) is 7. The molecule has 3 aromatic carbocycles. The first kappa shape index (κ1) is 23.4. The van der Waals surface area contributed by atoms with E-state index in [1.54, 1.807) is 60.7 Å². The van der Waals surface area contributed by atoms with Crippen LogP contribution in [0.2, 0.25) is 0 Å². The fourth-order valence-electron chi connectivity index (χ4n) is 4.12. The summed E-state index contributed by atoms with van der Waals surface area (Å²) in [5, 5.41) is 20.5. The summed E-state index contributed by atoms with van der Waals surface area (Å²) < 4.78 is 16.1. The summed E-state index contributed by atoms with van der Waals surface area (Å²) in [6.45, 7) is 0. The number of methoxy groups -OCH3 is 3. The molecule has 4 rings (SSSR count). The molecule has 1 aliphatic rings. The van der Waals surface area contributed by atoms with E-state index in [2.05, 4.69) is 0 Å². The molecule has 0 radical (unpaired) electrons. The van der Waals surface area contributed by atoms with E-state index in [1.807, 2.05) is 6.07 Å². The van der Waals surface area contributed by atoms with Crippen molar-refractivity contribution < 1.29 is 28.9 Å². The molecule has 1 aliphatic heterocycles. The van der Waals surface area contributed by atoms with Crippen LogP contribution in [-0.4, -0.2) is 38.1 Å². The average Bonchev–Trinajstić information content (AvgIpc) is 3.17. The molecule has 1 fully saturated rings. The smallest absolute Gasteiger partial charge is 0.300 e. The molecular weight excluding hydrogens is 448 g/mol. The third kappa shape index (κ3) is 4.04. The van der Waals surface area contributed by atoms with Crippen LogP contribution in [-0.2, 0) is 9.59 Å². The van der Waals surface area contributed by atoms with E-state index in [-0.39, 0.29) is 16.9 Å². The zero-order chi connectivity index (χ0) is 25.1. The van der Waals surface area contributed by atoms with Gasteiger partial charge in [-0.05, 0) is 48.5 Å². The van der Waals surface area contributed by atoms with Gasteiger partial charge in [0.05, 0.1) is 44.6 Å². The number of amides is 1. The first-order chi connectivity index (χ1) is 16.9. The second-order valence-corrected chi connectivity index (χ2v) is 7.64. The van der Waals surface area contributed by atoms with Crippen LogP contribution in [0, 0.1) is 11.3 Å². The van der Waals surface area contributed by atoms with E-state index in [0.717, 1.165) is 0 Å². The van der Waals surface area contributed by atoms with Crippen molar-refractivity contribution in [3.63, 3.8) is 0 Å². The third-order valence-corrected chi connectivity index (χ3v) is 5.81. The number of carbonyl (C=O) groups is 2. The van der Waals surface area contributed by atoms with Gasteiger partial charge in [-0.25, -0.2) is 0 Å². The molecule has 8 nitrogen and oxygen atoms in total. The lowest BCUT2D eigenvalue weighted by Crippen LogP contribution is -2.29. The zero-order valence-electron chi connectivity index (χ0n) is 19.3. The number of anilines is 1. The predicted molar refractivity (Wildman–Crippen MR) is 128 cm³/mol. The van der Waals surface area contributed by atoms with Crippen LogP contribution in [0.15, 0.2) is 72.3 Å². The maximum Gasteiger partial charge on any atom is 0.300 e. The van der Waals surface area contributed by atoms with Crippen molar-refractivity contribution in [3.05, 3.63) is 89.0 Å². The Morgan fingerprint density at radius 1 is 0.886 bits per heavy atom. The molecule has 0 bridgehead atoms. The molecule has 176 valence electrons. The number of nitrogens with zero attached hydrogens (tertiary/aromatic N) is 2. The van der Waals surface area contributed by atoms with Crippen molar-refractivity contribution in [1.82, 2.24) is 0 Å². The maximum atomic E-state index is 13.3. The first-order valence-corrected chi connectivity index (χ1v) is 10.6. The van der Waals surface area contributed by atoms with E-state index in [0.29, 0.717) is 34.1 Å². The molecule has 1 heterocycles. The second kappa shape index (κ2) is 9.61. The molecule has 8 heteroatoms. The van der Waals surface area contributed by atoms with E-state index in [9.17, 15) is 14.7 Å². The number of Topliss-reactive ketones (excluding diaryl/α,β-unsaturated/α-hetero) is 1. The Morgan fingerprint density at radius 2 is 1.54 bits per heavy atom. The lowest BCUT2D eigenvalue weighted by Gasteiger charge is -2.26. The van der Waals surface area contributed by atoms with Gasteiger partial charge in [-0.2, -0.15) is 5.26 Å². The standard InChI is InChI=1S/C27H22N2O6/c1-33-20-7-5-4-6-19(20)24-23(25(30)17-10-13-21(34-2)22(14-17)35-3)26(31)27(32)29(24)18-11-8-16(15-28)9-12-18/h4-14,24,30H,1-3H3/b25-23+. The van der Waals surface area contributed by atoms with Crippen molar-refractivity contribution in [2.24, 2.45) is 0 Å². The Balaban J connectivity index is 1.97. The van der Waals surface area contributed by atoms with Gasteiger partial charge < -0.3 is 19.3 Å². The summed E-state index contributed by atoms with van der Waals surface area (Å²) in [6.07, 6.45) is 0. The summed E-state index contributed by atoms with van der Waals surface area (Å²) in [4.78, 5) is 27.9. The van der Waals surface area contributed by atoms with Crippen molar-refractivity contribution in [2.75, 3.05) is 26.2 Å². The van der Waals surface area contributed by atoms with Crippen LogP contribution >= 0.6 is 0 Å². The van der Waals surface area contributed by atoms with Gasteiger partial charge >= 0.3 is 0 Å². The highest BCUT2D eigenvalue weighted by Gasteiger charge is 2.48. The SMILES string of the molecule is COc1ccc(/C(O)=C2\C(=O)C(=O)N(c3ccc(C#N)cc3)C2c2ccccc2OC)cc1OC. The van der Waals surface area contributed by atoms with Crippen LogP contribution in [0.3, 0.4) is 0 Å². The van der Waals surface area contributed by atoms with Gasteiger partial charge in [-0.1, -0.05) is 18.2 Å². The summed E-state index contributed by atoms with van der Waals surface area (Å²) in [6, 6.07) is 19.0. The van der Waals surface area contributed by atoms with Gasteiger partial charge in [0.15, 0.2) is 11.5 Å². The summed E-state index contributed by atoms with van der Waals surface area (Å²) in [7, 11) is 4.43. The molecule has 35 heavy (non-hydrogen) atoms. The largest absolute Gasteiger partial charge is 0.507 e. The summed E-state index contributed by atoms with van der Waals surface area (Å²) >= 11 is 0. The van der Waals surface area contributed by atoms with Crippen molar-refractivity contribution in [2.45, 2.75) is 6.04 Å². The number of aliphatic hydroxyl groups is 1. The van der Waals surface area contributed by atoms with Crippen LogP contribution in [0.4, 0.5) is 5.69 Å². The lowest BCUT2D eigenvalue weighted by molar-refractivity contribution is -0.132. The van der Waals surface area contributed by atoms with Gasteiger partial charge in [-0.15, -0.1) is 0 Å². The summed E-state index contributed by atoms with van der Waals surface area (Å²) in [5.74, 6) is -0.784. The second-order valence-electron chi connectivity index (χ2n) is 7.64. The number of para-hydroxylation sites is 1. The molecule has 1 N–H and O–H groups in total. The fourth-order valence-corrected chi connectivity index (χ4v) is 4.12. The Labute approximate surface area is 202 Å². The van der Waals surface area contributed by atoms with Crippen LogP contribution in [0.1, 0.15) is 22.7 Å². The number of ketones is 1. The quantitative estimate of drug-likeness (QED) is 0.326. The lowest BCUT2D eigenvalue weighted by atomic mass is 9.94. The highest BCUT2D eigenvalue weighted by Crippen LogP contribution is 2.45. The third-order valence-electron chi connectivity index (χ3n) is 5.81. The van der Waals surface area contributed by atoms with E-state index < -0.39 is 17.7 Å². The first-order valence-electron chi connectivity index (χ1n) is 10.6. The van der Waals surface area contributed by atoms with Gasteiger partial charge in [0.25, 0.3) is 11.7 Å². The molecule has 1 unspecified atom stereocenters. The molecule has 3 aromatic rings. The molecule has 1 saturated heterocycles. The maximum absolute atomic E-state index is 13.3. The van der Waals surface area contributed by atoms with Gasteiger partial charge in [0, 0.05) is 16.8 Å². The average molecular weight is 470 g/mol. The predicted octanol–water partition coefficient (Wildman–Crippen LogP) is 4.21. The van der Waals surface area contributed by atoms with Crippen LogP contribution in [0.5, 0.6) is 17.2 Å². The van der Waals surface area contributed by atoms with Crippen LogP contribution in [0.25, 0.3) is 5.76 Å². The number of ether oxygens (including phenoxy) is 3. The number of benzene rings is 3. The highest BCUT2D eigenvalue weighted by atomic mass is 16.5. The number of nitriles is 1. The van der Waals surface area contributed by atoms with Gasteiger partial charge in [-0.3, -0.25) is 14.5 Å². The van der Waals surface area contributed by atoms with Crippen molar-refractivity contribution in [1.29, 1.82) is 5.26 Å².